The number of nitrogens with zero attached hydrogens (tertiary/aromatic N) is 2. The van der Waals surface area contributed by atoms with Crippen LogP contribution < -0.4 is 4.72 Å². The monoisotopic (exact) mass is 323 g/mol. The summed E-state index contributed by atoms with van der Waals surface area (Å²) in [5, 5.41) is 18.9. The van der Waals surface area contributed by atoms with E-state index < -0.39 is 21.7 Å². The SMILES string of the molecule is N#Cc1ccccc1CS(=O)(=O)Nc1nc(C(=O)O)cs1. The van der Waals surface area contributed by atoms with Crippen LogP contribution in [0.5, 0.6) is 0 Å². The molecule has 0 aliphatic carbocycles. The summed E-state index contributed by atoms with van der Waals surface area (Å²) in [5.74, 6) is -1.62. The van der Waals surface area contributed by atoms with Crippen molar-refractivity contribution >= 4 is 32.5 Å². The molecule has 0 bridgehead atoms. The van der Waals surface area contributed by atoms with E-state index >= 15 is 0 Å². The minimum atomic E-state index is -3.78. The highest BCUT2D eigenvalue weighted by Crippen LogP contribution is 2.19. The van der Waals surface area contributed by atoms with Crippen LogP contribution in [0.3, 0.4) is 0 Å². The predicted octanol–water partition coefficient (Wildman–Crippen LogP) is 1.65. The molecule has 0 saturated heterocycles. The summed E-state index contributed by atoms with van der Waals surface area (Å²) in [4.78, 5) is 14.3. The van der Waals surface area contributed by atoms with Crippen molar-refractivity contribution in [3.05, 3.63) is 46.5 Å². The van der Waals surface area contributed by atoms with Crippen molar-refractivity contribution in [2.45, 2.75) is 5.75 Å². The van der Waals surface area contributed by atoms with Crippen LogP contribution in [-0.2, 0) is 15.8 Å². The summed E-state index contributed by atoms with van der Waals surface area (Å²) in [6, 6.07) is 8.26. The van der Waals surface area contributed by atoms with E-state index in [9.17, 15) is 13.2 Å². The molecule has 1 heterocycles. The lowest BCUT2D eigenvalue weighted by atomic mass is 10.1. The van der Waals surface area contributed by atoms with Crippen molar-refractivity contribution in [3.63, 3.8) is 0 Å². The molecule has 21 heavy (non-hydrogen) atoms. The van der Waals surface area contributed by atoms with E-state index in [-0.39, 0.29) is 16.4 Å². The number of hydrogen-bond acceptors (Lipinski definition) is 6. The molecule has 1 aromatic carbocycles. The first kappa shape index (κ1) is 15.0. The fourth-order valence-electron chi connectivity index (χ4n) is 1.55. The summed E-state index contributed by atoms with van der Waals surface area (Å²) in [7, 11) is -3.78. The first-order valence-corrected chi connectivity index (χ1v) is 8.12. The second-order valence-electron chi connectivity index (χ2n) is 3.97. The van der Waals surface area contributed by atoms with Crippen LogP contribution in [0, 0.1) is 11.3 Å². The van der Waals surface area contributed by atoms with E-state index in [1.165, 1.54) is 11.4 Å². The molecule has 0 radical (unpaired) electrons. The van der Waals surface area contributed by atoms with E-state index in [0.717, 1.165) is 11.3 Å². The summed E-state index contributed by atoms with van der Waals surface area (Å²) in [6.45, 7) is 0. The molecule has 1 aromatic heterocycles. The van der Waals surface area contributed by atoms with Gasteiger partial charge < -0.3 is 5.11 Å². The number of benzene rings is 1. The van der Waals surface area contributed by atoms with Crippen LogP contribution in [-0.4, -0.2) is 24.5 Å². The zero-order valence-electron chi connectivity index (χ0n) is 10.5. The van der Waals surface area contributed by atoms with Gasteiger partial charge in [-0.1, -0.05) is 18.2 Å². The van der Waals surface area contributed by atoms with Crippen LogP contribution in [0.15, 0.2) is 29.6 Å². The van der Waals surface area contributed by atoms with Crippen molar-refractivity contribution in [2.24, 2.45) is 0 Å². The molecule has 0 aliphatic rings. The van der Waals surface area contributed by atoms with Gasteiger partial charge in [-0.15, -0.1) is 11.3 Å². The summed E-state index contributed by atoms with van der Waals surface area (Å²) in [5.41, 5.74) is 0.408. The molecule has 0 unspecified atom stereocenters. The van der Waals surface area contributed by atoms with Crippen LogP contribution in [0.1, 0.15) is 21.6 Å². The number of carbonyl (C=O) groups is 1. The van der Waals surface area contributed by atoms with Gasteiger partial charge in [-0.25, -0.2) is 18.2 Å². The Hall–Kier alpha value is -2.44. The third kappa shape index (κ3) is 3.77. The zero-order valence-corrected chi connectivity index (χ0v) is 12.1. The number of hydrogen-bond donors (Lipinski definition) is 2. The average Bonchev–Trinajstić information content (AvgIpc) is 2.86. The standard InChI is InChI=1S/C12H9N3O4S2/c13-5-8-3-1-2-4-9(8)7-21(18,19)15-12-14-10(6-20-12)11(16)17/h1-4,6H,7H2,(H,14,15)(H,16,17). The van der Waals surface area contributed by atoms with E-state index in [1.807, 2.05) is 6.07 Å². The molecule has 9 heteroatoms. The van der Waals surface area contributed by atoms with Crippen molar-refractivity contribution in [2.75, 3.05) is 4.72 Å². The molecule has 2 N–H and O–H groups in total. The Morgan fingerprint density at radius 1 is 1.43 bits per heavy atom. The van der Waals surface area contributed by atoms with Crippen LogP contribution in [0.25, 0.3) is 0 Å². The molecule has 0 fully saturated rings. The number of sulfonamides is 1. The maximum atomic E-state index is 12.0. The Balaban J connectivity index is 2.19. The largest absolute Gasteiger partial charge is 0.476 e. The minimum absolute atomic E-state index is 0.0261. The first-order chi connectivity index (χ1) is 9.91. The second-order valence-corrected chi connectivity index (χ2v) is 6.55. The summed E-state index contributed by atoms with van der Waals surface area (Å²) in [6.07, 6.45) is 0. The molecule has 0 saturated carbocycles. The van der Waals surface area contributed by atoms with Gasteiger partial charge in [0.25, 0.3) is 0 Å². The fraction of sp³-hybridized carbons (Fsp3) is 0.0833. The number of thiazole rings is 1. The third-order valence-corrected chi connectivity index (χ3v) is 4.53. The number of carboxylic acids is 1. The van der Waals surface area contributed by atoms with Gasteiger partial charge >= 0.3 is 5.97 Å². The molecule has 0 atom stereocenters. The maximum absolute atomic E-state index is 12.0. The molecule has 2 rings (SSSR count). The van der Waals surface area contributed by atoms with Gasteiger partial charge in [0.2, 0.25) is 10.0 Å². The van der Waals surface area contributed by atoms with Gasteiger partial charge in [0.15, 0.2) is 10.8 Å². The molecule has 0 spiro atoms. The van der Waals surface area contributed by atoms with Crippen LogP contribution in [0.2, 0.25) is 0 Å². The van der Waals surface area contributed by atoms with E-state index in [2.05, 4.69) is 9.71 Å². The minimum Gasteiger partial charge on any atom is -0.476 e. The number of nitriles is 1. The van der Waals surface area contributed by atoms with E-state index in [1.54, 1.807) is 18.2 Å². The second kappa shape index (κ2) is 5.90. The lowest BCUT2D eigenvalue weighted by Crippen LogP contribution is -2.15. The number of aromatic nitrogens is 1. The Bertz CT molecular complexity index is 821. The Morgan fingerprint density at radius 3 is 2.76 bits per heavy atom. The first-order valence-electron chi connectivity index (χ1n) is 5.58. The molecule has 0 amide bonds. The Morgan fingerprint density at radius 2 is 2.14 bits per heavy atom. The summed E-state index contributed by atoms with van der Waals surface area (Å²) < 4.78 is 26.2. The van der Waals surface area contributed by atoms with Crippen molar-refractivity contribution in [3.8, 4) is 6.07 Å². The van der Waals surface area contributed by atoms with Crippen LogP contribution in [0.4, 0.5) is 5.13 Å². The van der Waals surface area contributed by atoms with E-state index in [4.69, 9.17) is 10.4 Å². The van der Waals surface area contributed by atoms with Crippen molar-refractivity contribution in [1.82, 2.24) is 4.98 Å². The Kier molecular flexibility index (Phi) is 4.21. The smallest absolute Gasteiger partial charge is 0.355 e. The molecular weight excluding hydrogens is 314 g/mol. The van der Waals surface area contributed by atoms with Gasteiger partial charge in [0.1, 0.15) is 0 Å². The Labute approximate surface area is 124 Å². The predicted molar refractivity (Wildman–Crippen MR) is 76.5 cm³/mol. The number of anilines is 1. The highest BCUT2D eigenvalue weighted by Gasteiger charge is 2.17. The fourth-order valence-corrected chi connectivity index (χ4v) is 3.69. The normalized spacial score (nSPS) is 10.8. The van der Waals surface area contributed by atoms with Gasteiger partial charge in [0, 0.05) is 5.38 Å². The van der Waals surface area contributed by atoms with Gasteiger partial charge in [-0.3, -0.25) is 4.72 Å². The zero-order chi connectivity index (χ0) is 15.5. The topological polar surface area (TPSA) is 120 Å². The highest BCUT2D eigenvalue weighted by atomic mass is 32.2. The highest BCUT2D eigenvalue weighted by molar-refractivity contribution is 7.92. The quantitative estimate of drug-likeness (QED) is 0.863. The average molecular weight is 323 g/mol. The number of rotatable bonds is 5. The molecule has 0 aliphatic heterocycles. The van der Waals surface area contributed by atoms with Gasteiger partial charge in [0.05, 0.1) is 17.4 Å². The molecule has 2 aromatic rings. The lowest BCUT2D eigenvalue weighted by Gasteiger charge is -2.06. The van der Waals surface area contributed by atoms with Crippen LogP contribution >= 0.6 is 11.3 Å². The number of aromatic carboxylic acids is 1. The lowest BCUT2D eigenvalue weighted by molar-refractivity contribution is 0.0691. The van der Waals surface area contributed by atoms with Gasteiger partial charge in [-0.05, 0) is 11.6 Å². The molecule has 7 nitrogen and oxygen atoms in total. The third-order valence-electron chi connectivity index (χ3n) is 2.45. The maximum Gasteiger partial charge on any atom is 0.355 e. The number of carboxylic acid groups (broad SMARTS) is 1. The number of nitrogens with one attached hydrogen (secondary N) is 1. The van der Waals surface area contributed by atoms with Crippen molar-refractivity contribution in [1.29, 1.82) is 5.26 Å². The summed E-state index contributed by atoms with van der Waals surface area (Å²) >= 11 is 0.878. The van der Waals surface area contributed by atoms with Crippen molar-refractivity contribution < 1.29 is 18.3 Å². The van der Waals surface area contributed by atoms with Gasteiger partial charge in [-0.2, -0.15) is 5.26 Å². The molecular formula is C12H9N3O4S2. The molecule has 108 valence electrons. The van der Waals surface area contributed by atoms with E-state index in [0.29, 0.717) is 5.56 Å².